The Kier molecular flexibility index (Phi) is 3.06. The fraction of sp³-hybridized carbons (Fsp3) is 0.111. The van der Waals surface area contributed by atoms with Gasteiger partial charge in [-0.05, 0) is 12.2 Å². The Bertz CT molecular complexity index is 371. The van der Waals surface area contributed by atoms with Gasteiger partial charge in [-0.2, -0.15) is 5.11 Å². The summed E-state index contributed by atoms with van der Waals surface area (Å²) < 4.78 is 4.91. The Morgan fingerprint density at radius 1 is 1.43 bits per heavy atom. The number of carbonyl (C=O) groups is 1. The third-order valence-corrected chi connectivity index (χ3v) is 1.68. The summed E-state index contributed by atoms with van der Waals surface area (Å²) in [6, 6.07) is 0. The molecule has 1 rings (SSSR count). The molecule has 0 aromatic carbocycles. The second-order valence-corrected chi connectivity index (χ2v) is 2.49. The van der Waals surface area contributed by atoms with Crippen molar-refractivity contribution in [3.05, 3.63) is 35.6 Å². The first-order valence-corrected chi connectivity index (χ1v) is 3.81. The average molecular weight is 193 g/mol. The van der Waals surface area contributed by atoms with E-state index in [1.54, 1.807) is 24.3 Å². The zero-order valence-electron chi connectivity index (χ0n) is 7.52. The molecule has 0 atom stereocenters. The van der Waals surface area contributed by atoms with Crippen LogP contribution in [-0.4, -0.2) is 24.0 Å². The summed E-state index contributed by atoms with van der Waals surface area (Å²) in [7, 11) is 1.52. The van der Waals surface area contributed by atoms with Crippen LogP contribution in [0.5, 0.6) is 0 Å². The molecule has 0 fully saturated rings. The fourth-order valence-corrected chi connectivity index (χ4v) is 0.985. The second kappa shape index (κ2) is 4.27. The molecule has 0 amide bonds. The molecule has 0 saturated carbocycles. The number of ketones is 1. The number of aliphatic carboxylic acids is 1. The lowest BCUT2D eigenvalue weighted by atomic mass is 10.1. The maximum absolute atomic E-state index is 10.6. The first kappa shape index (κ1) is 10.0. The van der Waals surface area contributed by atoms with Crippen LogP contribution >= 0.6 is 0 Å². The van der Waals surface area contributed by atoms with E-state index < -0.39 is 5.97 Å². The Labute approximate surface area is 80.3 Å². The number of hydrogen-bond acceptors (Lipinski definition) is 3. The summed E-state index contributed by atoms with van der Waals surface area (Å²) in [4.78, 5) is 10.6. The number of carbonyl (C=O) groups excluding carboxylic acids is 1. The van der Waals surface area contributed by atoms with Gasteiger partial charge in [0.25, 0.3) is 7.11 Å². The number of nitrogens with zero attached hydrogens (tertiary/aromatic N) is 1. The molecule has 0 aliphatic heterocycles. The number of carboxylic acid groups (broad SMARTS) is 1. The first-order valence-electron chi connectivity index (χ1n) is 3.81. The van der Waals surface area contributed by atoms with Gasteiger partial charge >= 0.3 is 11.8 Å². The lowest BCUT2D eigenvalue weighted by molar-refractivity contribution is -0.417. The fourth-order valence-electron chi connectivity index (χ4n) is 0.985. The van der Waals surface area contributed by atoms with Crippen molar-refractivity contribution in [2.75, 3.05) is 7.11 Å². The molecule has 0 aromatic heterocycles. The van der Waals surface area contributed by atoms with Gasteiger partial charge < -0.3 is 5.11 Å². The number of nitrogens with one attached hydrogen (secondary N) is 1. The van der Waals surface area contributed by atoms with E-state index in [1.807, 2.05) is 0 Å². The van der Waals surface area contributed by atoms with Crippen LogP contribution in [0.2, 0.25) is 0 Å². The minimum atomic E-state index is -1.22. The van der Waals surface area contributed by atoms with E-state index in [2.05, 4.69) is 5.11 Å². The standard InChI is InChI=1S/C9H8N2O3/c1-14-7-4-2-6(3-5-7)8(11-10)9(12)13/h2-5,10H,1H3/p+1. The average Bonchev–Trinajstić information content (AvgIpc) is 2.19. The third kappa shape index (κ3) is 2.01. The predicted octanol–water partition coefficient (Wildman–Crippen LogP) is 1.22. The SMILES string of the molecule is C[O+]=C1C=CC(=C(N=N)C(=O)O)C=C1. The molecule has 1 aliphatic carbocycles. The molecule has 0 unspecified atom stereocenters. The van der Waals surface area contributed by atoms with Crippen molar-refractivity contribution >= 4 is 11.8 Å². The van der Waals surface area contributed by atoms with Gasteiger partial charge in [0.1, 0.15) is 0 Å². The van der Waals surface area contributed by atoms with E-state index in [1.165, 1.54) is 7.11 Å². The maximum Gasteiger partial charge on any atom is 0.357 e. The summed E-state index contributed by atoms with van der Waals surface area (Å²) in [5.41, 5.74) is 6.80. The normalized spacial score (nSPS) is 14.1. The van der Waals surface area contributed by atoms with Crippen LogP contribution in [0.15, 0.2) is 40.7 Å². The molecule has 0 heterocycles. The van der Waals surface area contributed by atoms with Crippen LogP contribution in [0.3, 0.4) is 0 Å². The molecule has 1 aliphatic rings. The lowest BCUT2D eigenvalue weighted by Gasteiger charge is -1.99. The summed E-state index contributed by atoms with van der Waals surface area (Å²) in [5, 5.41) is 11.6. The van der Waals surface area contributed by atoms with Gasteiger partial charge in [-0.1, -0.05) is 0 Å². The van der Waals surface area contributed by atoms with Crippen molar-refractivity contribution in [1.82, 2.24) is 0 Å². The van der Waals surface area contributed by atoms with E-state index in [0.29, 0.717) is 11.4 Å². The smallest absolute Gasteiger partial charge is 0.357 e. The highest BCUT2D eigenvalue weighted by Crippen LogP contribution is 2.13. The molecule has 2 N–H and O–H groups in total. The number of hydrogen-bond donors (Lipinski definition) is 2. The van der Waals surface area contributed by atoms with Crippen molar-refractivity contribution in [3.8, 4) is 0 Å². The van der Waals surface area contributed by atoms with Crippen LogP contribution in [-0.2, 0) is 9.22 Å². The van der Waals surface area contributed by atoms with Crippen molar-refractivity contribution in [2.24, 2.45) is 5.11 Å². The highest BCUT2D eigenvalue weighted by Gasteiger charge is 2.14. The Hall–Kier alpha value is -2.04. The van der Waals surface area contributed by atoms with Crippen molar-refractivity contribution in [1.29, 1.82) is 5.53 Å². The van der Waals surface area contributed by atoms with Gasteiger partial charge in [0.05, 0.1) is 0 Å². The Balaban J connectivity index is 3.09. The van der Waals surface area contributed by atoms with E-state index in [9.17, 15) is 4.79 Å². The molecular formula is C9H9N2O3+. The number of allylic oxidation sites excluding steroid dienone is 5. The topological polar surface area (TPSA) is 84.8 Å². The summed E-state index contributed by atoms with van der Waals surface area (Å²) in [6.45, 7) is 0. The van der Waals surface area contributed by atoms with Crippen molar-refractivity contribution in [3.63, 3.8) is 0 Å². The van der Waals surface area contributed by atoms with E-state index in [4.69, 9.17) is 15.1 Å². The van der Waals surface area contributed by atoms with Crippen LogP contribution in [0, 0.1) is 5.53 Å². The monoisotopic (exact) mass is 193 g/mol. The van der Waals surface area contributed by atoms with E-state index >= 15 is 0 Å². The van der Waals surface area contributed by atoms with Gasteiger partial charge in [-0.15, -0.1) is 0 Å². The largest absolute Gasteiger partial charge is 0.476 e. The van der Waals surface area contributed by atoms with Crippen molar-refractivity contribution in [2.45, 2.75) is 0 Å². The molecule has 0 radical (unpaired) electrons. The van der Waals surface area contributed by atoms with Crippen LogP contribution in [0.4, 0.5) is 0 Å². The lowest BCUT2D eigenvalue weighted by Crippen LogP contribution is -2.03. The summed E-state index contributed by atoms with van der Waals surface area (Å²) in [6.07, 6.45) is 6.31. The minimum Gasteiger partial charge on any atom is -0.476 e. The zero-order valence-corrected chi connectivity index (χ0v) is 7.52. The van der Waals surface area contributed by atoms with Crippen LogP contribution < -0.4 is 0 Å². The zero-order chi connectivity index (χ0) is 10.6. The number of rotatable bonds is 2. The highest BCUT2D eigenvalue weighted by molar-refractivity contribution is 6.02. The molecule has 72 valence electrons. The van der Waals surface area contributed by atoms with E-state index in [-0.39, 0.29) is 5.70 Å². The maximum atomic E-state index is 10.6. The van der Waals surface area contributed by atoms with E-state index in [0.717, 1.165) is 0 Å². The summed E-state index contributed by atoms with van der Waals surface area (Å²) >= 11 is 0. The molecule has 0 aromatic rings. The predicted molar refractivity (Wildman–Crippen MR) is 49.0 cm³/mol. The number of carboxylic acids is 1. The summed E-state index contributed by atoms with van der Waals surface area (Å²) in [5.74, 6) is -0.589. The Morgan fingerprint density at radius 3 is 2.36 bits per heavy atom. The van der Waals surface area contributed by atoms with Gasteiger partial charge in [-0.25, -0.2) is 10.3 Å². The Morgan fingerprint density at radius 2 is 2.00 bits per heavy atom. The quantitative estimate of drug-likeness (QED) is 0.392. The molecule has 0 bridgehead atoms. The molecule has 0 spiro atoms. The van der Waals surface area contributed by atoms with Gasteiger partial charge in [0.2, 0.25) is 0 Å². The van der Waals surface area contributed by atoms with Crippen molar-refractivity contribution < 1.29 is 14.3 Å². The highest BCUT2D eigenvalue weighted by atomic mass is 16.4. The molecule has 0 saturated heterocycles. The molecule has 14 heavy (non-hydrogen) atoms. The van der Waals surface area contributed by atoms with Crippen LogP contribution in [0.1, 0.15) is 0 Å². The molecule has 5 nitrogen and oxygen atoms in total. The second-order valence-electron chi connectivity index (χ2n) is 2.49. The molecular weight excluding hydrogens is 184 g/mol. The molecule has 5 heteroatoms. The van der Waals surface area contributed by atoms with Gasteiger partial charge in [-0.3, -0.25) is 4.42 Å². The van der Waals surface area contributed by atoms with Gasteiger partial charge in [0, 0.05) is 17.7 Å². The van der Waals surface area contributed by atoms with Crippen LogP contribution in [0.25, 0.3) is 0 Å². The third-order valence-electron chi connectivity index (χ3n) is 1.68. The first-order chi connectivity index (χ1) is 6.69. The minimum absolute atomic E-state index is 0.285. The van der Waals surface area contributed by atoms with Gasteiger partial charge in [0.15, 0.2) is 5.70 Å².